The fraction of sp³-hybridized carbons (Fsp3) is 0.278. The van der Waals surface area contributed by atoms with E-state index in [-0.39, 0.29) is 10.3 Å². The molecule has 23 heavy (non-hydrogen) atoms. The van der Waals surface area contributed by atoms with Crippen molar-refractivity contribution in [3.05, 3.63) is 65.2 Å². The molecule has 2 N–H and O–H groups in total. The van der Waals surface area contributed by atoms with Crippen molar-refractivity contribution in [2.24, 2.45) is 10.1 Å². The second-order valence-corrected chi connectivity index (χ2v) is 8.09. The summed E-state index contributed by atoms with van der Waals surface area (Å²) in [6.07, 6.45) is 1.82. The third kappa shape index (κ3) is 5.01. The van der Waals surface area contributed by atoms with Crippen LogP contribution < -0.4 is 5.14 Å². The predicted molar refractivity (Wildman–Crippen MR) is 94.3 cm³/mol. The molecule has 0 saturated carbocycles. The SMILES string of the molecule is CC(C)(C)c1ccc(C=NCc2ccc(S(N)(=O)=O)cc2)cc1. The standard InChI is InChI=1S/C18H22N2O2S/c1-18(2,3)16-8-4-14(5-9-16)12-20-13-15-6-10-17(11-7-15)23(19,21)22/h4-12H,13H2,1-3H3,(H2,19,21,22). The summed E-state index contributed by atoms with van der Waals surface area (Å²) in [6.45, 7) is 7.04. The Morgan fingerprint density at radius 1 is 1.00 bits per heavy atom. The van der Waals surface area contributed by atoms with Crippen molar-refractivity contribution in [2.45, 2.75) is 37.6 Å². The van der Waals surface area contributed by atoms with Crippen LogP contribution in [-0.4, -0.2) is 14.6 Å². The maximum absolute atomic E-state index is 11.2. The zero-order chi connectivity index (χ0) is 17.1. The predicted octanol–water partition coefficient (Wildman–Crippen LogP) is 3.25. The monoisotopic (exact) mass is 330 g/mol. The number of sulfonamides is 1. The van der Waals surface area contributed by atoms with E-state index >= 15 is 0 Å². The lowest BCUT2D eigenvalue weighted by atomic mass is 9.87. The van der Waals surface area contributed by atoms with E-state index in [0.717, 1.165) is 11.1 Å². The second-order valence-electron chi connectivity index (χ2n) is 6.53. The smallest absolute Gasteiger partial charge is 0.238 e. The third-order valence-corrected chi connectivity index (χ3v) is 4.47. The molecular formula is C18H22N2O2S. The quantitative estimate of drug-likeness (QED) is 0.874. The van der Waals surface area contributed by atoms with Gasteiger partial charge in [-0.05, 0) is 34.2 Å². The van der Waals surface area contributed by atoms with E-state index in [2.05, 4.69) is 37.9 Å². The zero-order valence-corrected chi connectivity index (χ0v) is 14.5. The van der Waals surface area contributed by atoms with Crippen molar-refractivity contribution in [1.29, 1.82) is 0 Å². The Kier molecular flexibility index (Phi) is 5.02. The Bertz CT molecular complexity index is 784. The van der Waals surface area contributed by atoms with Gasteiger partial charge in [0.2, 0.25) is 10.0 Å². The van der Waals surface area contributed by atoms with Gasteiger partial charge in [0, 0.05) is 6.21 Å². The largest absolute Gasteiger partial charge is 0.288 e. The van der Waals surface area contributed by atoms with Crippen molar-refractivity contribution < 1.29 is 8.42 Å². The minimum atomic E-state index is -3.64. The molecule has 122 valence electrons. The highest BCUT2D eigenvalue weighted by atomic mass is 32.2. The zero-order valence-electron chi connectivity index (χ0n) is 13.7. The molecule has 0 amide bonds. The molecule has 0 saturated heterocycles. The highest BCUT2D eigenvalue weighted by Crippen LogP contribution is 2.21. The van der Waals surface area contributed by atoms with Gasteiger partial charge < -0.3 is 0 Å². The molecule has 4 nitrogen and oxygen atoms in total. The van der Waals surface area contributed by atoms with Gasteiger partial charge >= 0.3 is 0 Å². The summed E-state index contributed by atoms with van der Waals surface area (Å²) in [5, 5.41) is 5.07. The Morgan fingerprint density at radius 2 is 1.57 bits per heavy atom. The molecule has 0 atom stereocenters. The maximum atomic E-state index is 11.2. The van der Waals surface area contributed by atoms with E-state index in [0.29, 0.717) is 6.54 Å². The molecule has 2 aromatic carbocycles. The fourth-order valence-corrected chi connectivity index (χ4v) is 2.63. The van der Waals surface area contributed by atoms with E-state index in [9.17, 15) is 8.42 Å². The maximum Gasteiger partial charge on any atom is 0.238 e. The molecule has 2 aromatic rings. The number of primary sulfonamides is 1. The van der Waals surface area contributed by atoms with Crippen LogP contribution in [0, 0.1) is 0 Å². The lowest BCUT2D eigenvalue weighted by Gasteiger charge is -2.18. The summed E-state index contributed by atoms with van der Waals surface area (Å²) in [5.41, 5.74) is 3.40. The molecule has 0 bridgehead atoms. The first-order chi connectivity index (χ1) is 10.7. The average molecular weight is 330 g/mol. The fourth-order valence-electron chi connectivity index (χ4n) is 2.11. The molecule has 0 radical (unpaired) electrons. The molecule has 0 spiro atoms. The molecular weight excluding hydrogens is 308 g/mol. The molecule has 0 aliphatic heterocycles. The molecule has 0 aromatic heterocycles. The first-order valence-electron chi connectivity index (χ1n) is 7.38. The number of nitrogens with zero attached hydrogens (tertiary/aromatic N) is 1. The van der Waals surface area contributed by atoms with E-state index in [1.165, 1.54) is 17.7 Å². The van der Waals surface area contributed by atoms with Gasteiger partial charge in [-0.25, -0.2) is 13.6 Å². The van der Waals surface area contributed by atoms with Crippen LogP contribution >= 0.6 is 0 Å². The molecule has 0 aliphatic carbocycles. The minimum Gasteiger partial charge on any atom is -0.288 e. The van der Waals surface area contributed by atoms with Crippen molar-refractivity contribution in [1.82, 2.24) is 0 Å². The molecule has 0 aliphatic rings. The van der Waals surface area contributed by atoms with Crippen LogP contribution in [0.2, 0.25) is 0 Å². The first kappa shape index (κ1) is 17.4. The van der Waals surface area contributed by atoms with E-state index < -0.39 is 10.0 Å². The van der Waals surface area contributed by atoms with E-state index in [1.807, 2.05) is 18.3 Å². The van der Waals surface area contributed by atoms with Crippen LogP contribution in [0.5, 0.6) is 0 Å². The van der Waals surface area contributed by atoms with Crippen LogP contribution in [0.1, 0.15) is 37.5 Å². The summed E-state index contributed by atoms with van der Waals surface area (Å²) in [4.78, 5) is 4.50. The number of rotatable bonds is 4. The van der Waals surface area contributed by atoms with Crippen molar-refractivity contribution in [2.75, 3.05) is 0 Å². The van der Waals surface area contributed by atoms with Crippen LogP contribution in [0.4, 0.5) is 0 Å². The Balaban J connectivity index is 2.02. The topological polar surface area (TPSA) is 72.5 Å². The van der Waals surface area contributed by atoms with Crippen LogP contribution in [0.3, 0.4) is 0 Å². The average Bonchev–Trinajstić information content (AvgIpc) is 2.46. The minimum absolute atomic E-state index is 0.114. The van der Waals surface area contributed by atoms with Gasteiger partial charge in [-0.3, -0.25) is 4.99 Å². The summed E-state index contributed by atoms with van der Waals surface area (Å²) >= 11 is 0. The van der Waals surface area contributed by atoms with Crippen molar-refractivity contribution >= 4 is 16.2 Å². The highest BCUT2D eigenvalue weighted by Gasteiger charge is 2.12. The van der Waals surface area contributed by atoms with Gasteiger partial charge in [-0.1, -0.05) is 57.2 Å². The van der Waals surface area contributed by atoms with Crippen molar-refractivity contribution in [3.8, 4) is 0 Å². The van der Waals surface area contributed by atoms with Gasteiger partial charge in [0.1, 0.15) is 0 Å². The second kappa shape index (κ2) is 6.64. The summed E-state index contributed by atoms with van der Waals surface area (Å²) < 4.78 is 22.4. The number of nitrogens with two attached hydrogens (primary N) is 1. The number of hydrogen-bond acceptors (Lipinski definition) is 3. The lowest BCUT2D eigenvalue weighted by Crippen LogP contribution is -2.11. The molecule has 0 heterocycles. The first-order valence-corrected chi connectivity index (χ1v) is 8.93. The van der Waals surface area contributed by atoms with Gasteiger partial charge in [0.05, 0.1) is 11.4 Å². The Morgan fingerprint density at radius 3 is 2.04 bits per heavy atom. The molecule has 5 heteroatoms. The highest BCUT2D eigenvalue weighted by molar-refractivity contribution is 7.89. The summed E-state index contributed by atoms with van der Waals surface area (Å²) in [7, 11) is -3.64. The van der Waals surface area contributed by atoms with Gasteiger partial charge in [-0.15, -0.1) is 0 Å². The molecule has 0 unspecified atom stereocenters. The summed E-state index contributed by atoms with van der Waals surface area (Å²) in [5.74, 6) is 0. The number of aliphatic imine (C=N–C) groups is 1. The Labute approximate surface area is 138 Å². The van der Waals surface area contributed by atoms with Crippen LogP contribution in [0.15, 0.2) is 58.4 Å². The van der Waals surface area contributed by atoms with Crippen LogP contribution in [0.25, 0.3) is 0 Å². The Hall–Kier alpha value is -1.98. The van der Waals surface area contributed by atoms with Crippen molar-refractivity contribution in [3.63, 3.8) is 0 Å². The molecule has 2 rings (SSSR count). The van der Waals surface area contributed by atoms with E-state index in [1.54, 1.807) is 12.1 Å². The lowest BCUT2D eigenvalue weighted by molar-refractivity contribution is 0.590. The summed E-state index contributed by atoms with van der Waals surface area (Å²) in [6, 6.07) is 14.8. The molecule has 0 fully saturated rings. The van der Waals surface area contributed by atoms with Gasteiger partial charge in [-0.2, -0.15) is 0 Å². The number of benzene rings is 2. The van der Waals surface area contributed by atoms with Gasteiger partial charge in [0.15, 0.2) is 0 Å². The normalized spacial score (nSPS) is 12.7. The van der Waals surface area contributed by atoms with Gasteiger partial charge in [0.25, 0.3) is 0 Å². The van der Waals surface area contributed by atoms with Crippen LogP contribution in [-0.2, 0) is 22.0 Å². The van der Waals surface area contributed by atoms with E-state index in [4.69, 9.17) is 5.14 Å². The third-order valence-electron chi connectivity index (χ3n) is 3.54. The number of hydrogen-bond donors (Lipinski definition) is 1.